The van der Waals surface area contributed by atoms with Crippen molar-refractivity contribution in [2.45, 2.75) is 38.6 Å². The van der Waals surface area contributed by atoms with E-state index in [9.17, 15) is 4.79 Å². The van der Waals surface area contributed by atoms with E-state index in [4.69, 9.17) is 23.2 Å². The third kappa shape index (κ3) is 4.32. The largest absolute Gasteiger partial charge is 0.288 e. The zero-order valence-electron chi connectivity index (χ0n) is 18.3. The fraction of sp³-hybridized carbons (Fsp3) is 0.259. The van der Waals surface area contributed by atoms with Crippen LogP contribution in [0, 0.1) is 12.3 Å². The lowest BCUT2D eigenvalue weighted by atomic mass is 9.67. The second kappa shape index (κ2) is 9.09. The molecular formula is C27H26Cl2N2O. The van der Waals surface area contributed by atoms with E-state index < -0.39 is 5.41 Å². The summed E-state index contributed by atoms with van der Waals surface area (Å²) in [5.74, 6) is 0.713. The molecule has 2 aromatic carbocycles. The van der Waals surface area contributed by atoms with Gasteiger partial charge < -0.3 is 0 Å². The number of rotatable bonds is 5. The average Bonchev–Trinajstić information content (AvgIpc) is 2.76. The minimum Gasteiger partial charge on any atom is -0.288 e. The topological polar surface area (TPSA) is 33.2 Å². The number of hydrogen-bond acceptors (Lipinski definition) is 2. The van der Waals surface area contributed by atoms with Crippen molar-refractivity contribution in [1.82, 2.24) is 4.98 Å². The molecule has 164 valence electrons. The number of benzene rings is 2. The summed E-state index contributed by atoms with van der Waals surface area (Å²) in [4.78, 5) is 20.5. The van der Waals surface area contributed by atoms with Crippen molar-refractivity contribution < 1.29 is 4.79 Å². The van der Waals surface area contributed by atoms with Gasteiger partial charge in [-0.2, -0.15) is 0 Å². The molecule has 2 unspecified atom stereocenters. The zero-order chi connectivity index (χ0) is 22.9. The fourth-order valence-corrected chi connectivity index (χ4v) is 5.07. The van der Waals surface area contributed by atoms with Crippen LogP contribution < -0.4 is 4.90 Å². The molecule has 32 heavy (non-hydrogen) atoms. The summed E-state index contributed by atoms with van der Waals surface area (Å²) < 4.78 is 0. The highest BCUT2D eigenvalue weighted by Gasteiger charge is 2.50. The molecule has 1 saturated heterocycles. The molecule has 4 rings (SSSR count). The van der Waals surface area contributed by atoms with E-state index >= 15 is 0 Å². The molecule has 1 aliphatic rings. The Bertz CT molecular complexity index is 1140. The lowest BCUT2D eigenvalue weighted by molar-refractivity contribution is -0.131. The standard InChI is InChI=1S/C27H26Cl2N2O/c1-4-13-27(3)17-23(20-6-5-7-22(29)16-20)25(19-8-10-21(28)11-9-19)31(26(27)32)24-15-18(2)12-14-30-24/h4-12,14-16,23,25H,1,13,17H2,2-3H3/t23?,25?,27-/m0/s1. The van der Waals surface area contributed by atoms with Gasteiger partial charge in [0.05, 0.1) is 11.5 Å². The van der Waals surface area contributed by atoms with Crippen LogP contribution >= 0.6 is 23.2 Å². The lowest BCUT2D eigenvalue weighted by Crippen LogP contribution is -2.52. The van der Waals surface area contributed by atoms with Gasteiger partial charge in [-0.1, -0.05) is 60.5 Å². The van der Waals surface area contributed by atoms with Crippen LogP contribution in [0.4, 0.5) is 5.82 Å². The second-order valence-electron chi connectivity index (χ2n) is 8.78. The lowest BCUT2D eigenvalue weighted by Gasteiger charge is -2.48. The van der Waals surface area contributed by atoms with Crippen LogP contribution in [0.2, 0.25) is 10.0 Å². The molecule has 0 radical (unpaired) electrons. The number of allylic oxidation sites excluding steroid dienone is 1. The van der Waals surface area contributed by atoms with E-state index in [1.54, 1.807) is 6.20 Å². The van der Waals surface area contributed by atoms with E-state index in [1.807, 2.05) is 79.4 Å². The van der Waals surface area contributed by atoms with Crippen molar-refractivity contribution >= 4 is 34.9 Å². The van der Waals surface area contributed by atoms with Crippen LogP contribution in [0.25, 0.3) is 0 Å². The zero-order valence-corrected chi connectivity index (χ0v) is 19.8. The highest BCUT2D eigenvalue weighted by molar-refractivity contribution is 6.30. The number of pyridine rings is 1. The van der Waals surface area contributed by atoms with Crippen LogP contribution in [0.1, 0.15) is 48.4 Å². The second-order valence-corrected chi connectivity index (χ2v) is 9.65. The Morgan fingerprint density at radius 2 is 1.84 bits per heavy atom. The first-order valence-electron chi connectivity index (χ1n) is 10.7. The van der Waals surface area contributed by atoms with Crippen LogP contribution in [0.3, 0.4) is 0 Å². The first-order chi connectivity index (χ1) is 15.3. The van der Waals surface area contributed by atoms with Gasteiger partial charge in [0.1, 0.15) is 5.82 Å². The van der Waals surface area contributed by atoms with Gasteiger partial charge in [-0.15, -0.1) is 6.58 Å². The van der Waals surface area contributed by atoms with Crippen molar-refractivity contribution in [3.63, 3.8) is 0 Å². The predicted molar refractivity (Wildman–Crippen MR) is 132 cm³/mol. The molecular weight excluding hydrogens is 439 g/mol. The van der Waals surface area contributed by atoms with E-state index in [1.165, 1.54) is 0 Å². The fourth-order valence-electron chi connectivity index (χ4n) is 4.75. The molecule has 0 saturated carbocycles. The van der Waals surface area contributed by atoms with E-state index in [-0.39, 0.29) is 17.9 Å². The molecule has 3 atom stereocenters. The van der Waals surface area contributed by atoms with Crippen LogP contribution in [-0.2, 0) is 4.79 Å². The number of carbonyl (C=O) groups is 1. The Hall–Kier alpha value is -2.62. The third-order valence-electron chi connectivity index (χ3n) is 6.30. The van der Waals surface area contributed by atoms with E-state index in [2.05, 4.69) is 17.6 Å². The number of amides is 1. The van der Waals surface area contributed by atoms with Crippen LogP contribution in [0.15, 0.2) is 79.5 Å². The Balaban J connectivity index is 1.95. The van der Waals surface area contributed by atoms with Crippen molar-refractivity contribution in [3.05, 3.63) is 106 Å². The number of halogens is 2. The highest BCUT2D eigenvalue weighted by Crippen LogP contribution is 2.52. The minimum absolute atomic E-state index is 0.0137. The number of aromatic nitrogens is 1. The molecule has 1 amide bonds. The number of aryl methyl sites for hydroxylation is 1. The maximum atomic E-state index is 14.0. The molecule has 0 N–H and O–H groups in total. The molecule has 1 aliphatic heterocycles. The number of piperidine rings is 1. The first kappa shape index (κ1) is 22.6. The summed E-state index contributed by atoms with van der Waals surface area (Å²) in [5, 5.41) is 1.34. The molecule has 1 aromatic heterocycles. The molecule has 3 aromatic rings. The number of carbonyl (C=O) groups excluding carboxylic acids is 1. The summed E-state index contributed by atoms with van der Waals surface area (Å²) in [6.45, 7) is 7.95. The molecule has 2 heterocycles. The van der Waals surface area contributed by atoms with Gasteiger partial charge in [0.2, 0.25) is 5.91 Å². The van der Waals surface area contributed by atoms with Gasteiger partial charge in [-0.05, 0) is 72.9 Å². The highest BCUT2D eigenvalue weighted by atomic mass is 35.5. The van der Waals surface area contributed by atoms with Gasteiger partial charge in [-0.25, -0.2) is 4.98 Å². The van der Waals surface area contributed by atoms with Gasteiger partial charge in [0.15, 0.2) is 0 Å². The first-order valence-corrected chi connectivity index (χ1v) is 11.5. The van der Waals surface area contributed by atoms with Crippen LogP contribution in [-0.4, -0.2) is 10.9 Å². The molecule has 0 bridgehead atoms. The van der Waals surface area contributed by atoms with E-state index in [0.717, 1.165) is 16.7 Å². The Kier molecular flexibility index (Phi) is 6.41. The maximum absolute atomic E-state index is 14.0. The summed E-state index contributed by atoms with van der Waals surface area (Å²) >= 11 is 12.6. The Morgan fingerprint density at radius 1 is 1.09 bits per heavy atom. The smallest absolute Gasteiger partial charge is 0.235 e. The van der Waals surface area contributed by atoms with Crippen LogP contribution in [0.5, 0.6) is 0 Å². The molecule has 0 aliphatic carbocycles. The third-order valence-corrected chi connectivity index (χ3v) is 6.78. The van der Waals surface area contributed by atoms with Gasteiger partial charge in [0, 0.05) is 22.2 Å². The molecule has 1 fully saturated rings. The summed E-state index contributed by atoms with van der Waals surface area (Å²) in [7, 11) is 0. The molecule has 5 heteroatoms. The summed E-state index contributed by atoms with van der Waals surface area (Å²) in [5.41, 5.74) is 2.55. The Labute approximate surface area is 199 Å². The normalized spacial score (nSPS) is 23.2. The summed E-state index contributed by atoms with van der Waals surface area (Å²) in [6, 6.07) is 19.3. The SMILES string of the molecule is C=CC[C@@]1(C)CC(c2cccc(Cl)c2)C(c2ccc(Cl)cc2)N(c2cc(C)ccn2)C1=O. The minimum atomic E-state index is -0.608. The quantitative estimate of drug-likeness (QED) is 0.365. The van der Waals surface area contributed by atoms with E-state index in [0.29, 0.717) is 28.7 Å². The van der Waals surface area contributed by atoms with Crippen molar-refractivity contribution in [1.29, 1.82) is 0 Å². The molecule has 0 spiro atoms. The Morgan fingerprint density at radius 3 is 2.50 bits per heavy atom. The van der Waals surface area contributed by atoms with Gasteiger partial charge in [-0.3, -0.25) is 9.69 Å². The average molecular weight is 465 g/mol. The summed E-state index contributed by atoms with van der Waals surface area (Å²) in [6.07, 6.45) is 4.84. The van der Waals surface area contributed by atoms with Gasteiger partial charge in [0.25, 0.3) is 0 Å². The molecule has 3 nitrogen and oxygen atoms in total. The number of anilines is 1. The predicted octanol–water partition coefficient (Wildman–Crippen LogP) is 7.54. The van der Waals surface area contributed by atoms with Crippen molar-refractivity contribution in [2.75, 3.05) is 4.90 Å². The van der Waals surface area contributed by atoms with Crippen molar-refractivity contribution in [3.8, 4) is 0 Å². The maximum Gasteiger partial charge on any atom is 0.235 e. The van der Waals surface area contributed by atoms with Gasteiger partial charge >= 0.3 is 0 Å². The van der Waals surface area contributed by atoms with Crippen molar-refractivity contribution in [2.24, 2.45) is 5.41 Å². The monoisotopic (exact) mass is 464 g/mol. The number of nitrogens with zero attached hydrogens (tertiary/aromatic N) is 2. The number of hydrogen-bond donors (Lipinski definition) is 0.